The molecule has 0 radical (unpaired) electrons. The van der Waals surface area contributed by atoms with Crippen LogP contribution >= 0.6 is 0 Å². The van der Waals surface area contributed by atoms with Crippen molar-refractivity contribution < 1.29 is 13.2 Å². The summed E-state index contributed by atoms with van der Waals surface area (Å²) < 4.78 is 31.0. The Kier molecular flexibility index (Phi) is 2.77. The van der Waals surface area contributed by atoms with E-state index in [9.17, 15) is 8.42 Å². The summed E-state index contributed by atoms with van der Waals surface area (Å²) in [6.45, 7) is 3.24. The SMILES string of the molecule is CCNS(=O)(=O)c1ccc2c(c1)COC2. The van der Waals surface area contributed by atoms with Crippen molar-refractivity contribution in [1.82, 2.24) is 4.72 Å². The Hall–Kier alpha value is -0.910. The predicted molar refractivity (Wildman–Crippen MR) is 55.8 cm³/mol. The lowest BCUT2D eigenvalue weighted by atomic mass is 10.1. The Labute approximate surface area is 89.3 Å². The molecule has 1 heterocycles. The van der Waals surface area contributed by atoms with Crippen molar-refractivity contribution in [2.24, 2.45) is 0 Å². The molecule has 0 atom stereocenters. The summed E-state index contributed by atoms with van der Waals surface area (Å²) in [6.07, 6.45) is 0. The normalized spacial score (nSPS) is 15.3. The van der Waals surface area contributed by atoms with Crippen LogP contribution in [-0.2, 0) is 28.0 Å². The van der Waals surface area contributed by atoms with Crippen LogP contribution in [0.15, 0.2) is 23.1 Å². The van der Waals surface area contributed by atoms with Gasteiger partial charge in [-0.3, -0.25) is 0 Å². The highest BCUT2D eigenvalue weighted by Crippen LogP contribution is 2.22. The van der Waals surface area contributed by atoms with Crippen molar-refractivity contribution in [3.63, 3.8) is 0 Å². The van der Waals surface area contributed by atoms with Gasteiger partial charge < -0.3 is 4.74 Å². The molecule has 5 heteroatoms. The lowest BCUT2D eigenvalue weighted by molar-refractivity contribution is 0.134. The highest BCUT2D eigenvalue weighted by Gasteiger charge is 2.17. The molecule has 82 valence electrons. The summed E-state index contributed by atoms with van der Waals surface area (Å²) in [5.74, 6) is 0. The third kappa shape index (κ3) is 2.04. The fourth-order valence-corrected chi connectivity index (χ4v) is 2.68. The summed E-state index contributed by atoms with van der Waals surface area (Å²) >= 11 is 0. The molecule has 1 aliphatic heterocycles. The van der Waals surface area contributed by atoms with E-state index in [0.29, 0.717) is 24.7 Å². The summed E-state index contributed by atoms with van der Waals surface area (Å²) in [4.78, 5) is 0.314. The summed E-state index contributed by atoms with van der Waals surface area (Å²) in [7, 11) is -3.34. The minimum absolute atomic E-state index is 0.314. The van der Waals surface area contributed by atoms with E-state index in [1.54, 1.807) is 19.1 Å². The van der Waals surface area contributed by atoms with Gasteiger partial charge in [0.2, 0.25) is 10.0 Å². The highest BCUT2D eigenvalue weighted by atomic mass is 32.2. The number of rotatable bonds is 3. The maximum Gasteiger partial charge on any atom is 0.240 e. The number of sulfonamides is 1. The second-order valence-electron chi connectivity index (χ2n) is 3.42. The van der Waals surface area contributed by atoms with E-state index >= 15 is 0 Å². The lowest BCUT2D eigenvalue weighted by Gasteiger charge is -2.05. The Morgan fingerprint density at radius 2 is 2.07 bits per heavy atom. The minimum atomic E-state index is -3.34. The van der Waals surface area contributed by atoms with E-state index in [1.807, 2.05) is 6.07 Å². The average molecular weight is 227 g/mol. The zero-order valence-electron chi connectivity index (χ0n) is 8.49. The van der Waals surface area contributed by atoms with E-state index in [2.05, 4.69) is 4.72 Å². The summed E-state index contributed by atoms with van der Waals surface area (Å²) in [6, 6.07) is 5.11. The van der Waals surface area contributed by atoms with Crippen LogP contribution in [0.1, 0.15) is 18.1 Å². The fourth-order valence-electron chi connectivity index (χ4n) is 1.59. The summed E-state index contributed by atoms with van der Waals surface area (Å²) in [5.41, 5.74) is 2.04. The van der Waals surface area contributed by atoms with Gasteiger partial charge in [-0.05, 0) is 23.3 Å². The van der Waals surface area contributed by atoms with E-state index in [-0.39, 0.29) is 0 Å². The van der Waals surface area contributed by atoms with Gasteiger partial charge in [-0.25, -0.2) is 13.1 Å². The van der Waals surface area contributed by atoms with Crippen LogP contribution in [-0.4, -0.2) is 15.0 Å². The first-order chi connectivity index (χ1) is 7.13. The smallest absolute Gasteiger partial charge is 0.240 e. The first kappa shape index (κ1) is 10.6. The van der Waals surface area contributed by atoms with E-state index in [0.717, 1.165) is 11.1 Å². The predicted octanol–water partition coefficient (Wildman–Crippen LogP) is 1.01. The molecule has 0 amide bonds. The number of benzene rings is 1. The number of ether oxygens (including phenoxy) is 1. The number of fused-ring (bicyclic) bond motifs is 1. The van der Waals surface area contributed by atoms with Crippen LogP contribution in [0, 0.1) is 0 Å². The first-order valence-electron chi connectivity index (χ1n) is 4.82. The van der Waals surface area contributed by atoms with Crippen molar-refractivity contribution in [3.8, 4) is 0 Å². The zero-order valence-corrected chi connectivity index (χ0v) is 9.30. The van der Waals surface area contributed by atoms with Gasteiger partial charge in [0.15, 0.2) is 0 Å². The average Bonchev–Trinajstić information content (AvgIpc) is 2.63. The molecule has 4 nitrogen and oxygen atoms in total. The third-order valence-corrected chi connectivity index (χ3v) is 3.88. The van der Waals surface area contributed by atoms with Crippen molar-refractivity contribution in [3.05, 3.63) is 29.3 Å². The molecule has 0 spiro atoms. The maximum absolute atomic E-state index is 11.7. The topological polar surface area (TPSA) is 55.4 Å². The summed E-state index contributed by atoms with van der Waals surface area (Å²) in [5, 5.41) is 0. The minimum Gasteiger partial charge on any atom is -0.372 e. The molecular weight excluding hydrogens is 214 g/mol. The standard InChI is InChI=1S/C10H13NO3S/c1-2-11-15(12,13)10-4-3-8-6-14-7-9(8)5-10/h3-5,11H,2,6-7H2,1H3. The molecule has 1 aromatic carbocycles. The molecule has 0 saturated heterocycles. The van der Waals surface area contributed by atoms with Crippen LogP contribution in [0.4, 0.5) is 0 Å². The Balaban J connectivity index is 2.38. The second kappa shape index (κ2) is 3.92. The Morgan fingerprint density at radius 3 is 2.80 bits per heavy atom. The van der Waals surface area contributed by atoms with Crippen molar-refractivity contribution >= 4 is 10.0 Å². The second-order valence-corrected chi connectivity index (χ2v) is 5.19. The van der Waals surface area contributed by atoms with E-state index in [1.165, 1.54) is 0 Å². The molecule has 15 heavy (non-hydrogen) atoms. The van der Waals surface area contributed by atoms with Gasteiger partial charge >= 0.3 is 0 Å². The van der Waals surface area contributed by atoms with Crippen molar-refractivity contribution in [1.29, 1.82) is 0 Å². The fraction of sp³-hybridized carbons (Fsp3) is 0.400. The number of nitrogens with one attached hydrogen (secondary N) is 1. The van der Waals surface area contributed by atoms with Gasteiger partial charge in [-0.15, -0.1) is 0 Å². The molecule has 1 N–H and O–H groups in total. The Morgan fingerprint density at radius 1 is 1.33 bits per heavy atom. The molecule has 0 saturated carbocycles. The van der Waals surface area contributed by atoms with Crippen LogP contribution < -0.4 is 4.72 Å². The first-order valence-corrected chi connectivity index (χ1v) is 6.31. The monoisotopic (exact) mass is 227 g/mol. The molecular formula is C10H13NO3S. The molecule has 2 rings (SSSR count). The van der Waals surface area contributed by atoms with Gasteiger partial charge in [0.05, 0.1) is 18.1 Å². The highest BCUT2D eigenvalue weighted by molar-refractivity contribution is 7.89. The quantitative estimate of drug-likeness (QED) is 0.838. The molecule has 0 bridgehead atoms. The number of hydrogen-bond acceptors (Lipinski definition) is 3. The Bertz CT molecular complexity index is 468. The third-order valence-electron chi connectivity index (χ3n) is 2.34. The van der Waals surface area contributed by atoms with Crippen LogP contribution in [0.5, 0.6) is 0 Å². The van der Waals surface area contributed by atoms with E-state index in [4.69, 9.17) is 4.74 Å². The number of hydrogen-bond donors (Lipinski definition) is 1. The maximum atomic E-state index is 11.7. The molecule has 1 aromatic rings. The zero-order chi connectivity index (χ0) is 10.9. The van der Waals surface area contributed by atoms with Gasteiger partial charge in [-0.2, -0.15) is 0 Å². The molecule has 0 aliphatic carbocycles. The van der Waals surface area contributed by atoms with E-state index < -0.39 is 10.0 Å². The largest absolute Gasteiger partial charge is 0.372 e. The van der Waals surface area contributed by atoms with Gasteiger partial charge in [0.1, 0.15) is 0 Å². The van der Waals surface area contributed by atoms with Crippen molar-refractivity contribution in [2.45, 2.75) is 25.0 Å². The van der Waals surface area contributed by atoms with Gasteiger partial charge in [0, 0.05) is 6.54 Å². The van der Waals surface area contributed by atoms with Crippen LogP contribution in [0.3, 0.4) is 0 Å². The van der Waals surface area contributed by atoms with Crippen LogP contribution in [0.25, 0.3) is 0 Å². The van der Waals surface area contributed by atoms with Crippen LogP contribution in [0.2, 0.25) is 0 Å². The van der Waals surface area contributed by atoms with Gasteiger partial charge in [0.25, 0.3) is 0 Å². The molecule has 0 aromatic heterocycles. The van der Waals surface area contributed by atoms with Crippen molar-refractivity contribution in [2.75, 3.05) is 6.54 Å². The molecule has 1 aliphatic rings. The van der Waals surface area contributed by atoms with Gasteiger partial charge in [-0.1, -0.05) is 13.0 Å². The lowest BCUT2D eigenvalue weighted by Crippen LogP contribution is -2.23. The molecule has 0 unspecified atom stereocenters. The molecule has 0 fully saturated rings.